The predicted molar refractivity (Wildman–Crippen MR) is 201 cm³/mol. The summed E-state index contributed by atoms with van der Waals surface area (Å²) >= 11 is 0. The molecule has 1 aliphatic heterocycles. The van der Waals surface area contributed by atoms with Gasteiger partial charge in [0.1, 0.15) is 17.9 Å². The lowest BCUT2D eigenvalue weighted by atomic mass is 9.62. The van der Waals surface area contributed by atoms with Crippen LogP contribution in [-0.2, 0) is 16.6 Å². The third-order valence-electron chi connectivity index (χ3n) is 11.7. The van der Waals surface area contributed by atoms with Gasteiger partial charge < -0.3 is 20.0 Å². The molecule has 6 rings (SSSR count). The van der Waals surface area contributed by atoms with Crippen LogP contribution in [0.4, 0.5) is 0 Å². The molecule has 3 aliphatic carbocycles. The number of aryl methyl sites for hydroxylation is 1. The van der Waals surface area contributed by atoms with E-state index in [4.69, 9.17) is 5.10 Å². The van der Waals surface area contributed by atoms with E-state index in [0.29, 0.717) is 30.8 Å². The van der Waals surface area contributed by atoms with Crippen molar-refractivity contribution in [2.75, 3.05) is 41.3 Å². The fraction of sp³-hybridized carbons (Fsp3) is 0.537. The van der Waals surface area contributed by atoms with Gasteiger partial charge in [-0.2, -0.15) is 15.0 Å². The summed E-state index contributed by atoms with van der Waals surface area (Å²) in [4.78, 5) is 49.2. The highest BCUT2D eigenvalue weighted by atomic mass is 16.2. The van der Waals surface area contributed by atoms with Gasteiger partial charge in [-0.25, -0.2) is 4.79 Å². The topological polar surface area (TPSA) is 130 Å². The molecule has 0 radical (unpaired) electrons. The Kier molecular flexibility index (Phi) is 10.6. The van der Waals surface area contributed by atoms with Crippen molar-refractivity contribution in [2.24, 2.45) is 17.8 Å². The molecule has 7 atom stereocenters. The summed E-state index contributed by atoms with van der Waals surface area (Å²) in [6.45, 7) is 9.23. The highest BCUT2D eigenvalue weighted by molar-refractivity contribution is 5.94. The van der Waals surface area contributed by atoms with Crippen LogP contribution in [-0.4, -0.2) is 94.6 Å². The van der Waals surface area contributed by atoms with Crippen molar-refractivity contribution in [3.63, 3.8) is 0 Å². The molecule has 2 aromatic rings. The molecule has 274 valence electrons. The Bertz CT molecular complexity index is 1950. The van der Waals surface area contributed by atoms with Crippen LogP contribution in [0.15, 0.2) is 59.1 Å². The first-order valence-corrected chi connectivity index (χ1v) is 18.5. The van der Waals surface area contributed by atoms with Crippen molar-refractivity contribution in [2.45, 2.75) is 82.3 Å². The van der Waals surface area contributed by atoms with Gasteiger partial charge in [-0.15, -0.1) is 0 Å². The van der Waals surface area contributed by atoms with Gasteiger partial charge in [0.15, 0.2) is 0 Å². The molecule has 1 aromatic carbocycles. The molecule has 4 aliphatic rings. The Morgan fingerprint density at radius 3 is 2.73 bits per heavy atom. The second-order valence-electron chi connectivity index (χ2n) is 15.6. The lowest BCUT2D eigenvalue weighted by molar-refractivity contribution is -0.130. The molecule has 1 saturated heterocycles. The number of carbonyl (C=O) groups excluding carboxylic acids is 2. The number of H-pyrrole nitrogens is 1. The van der Waals surface area contributed by atoms with Gasteiger partial charge in [0.05, 0.1) is 18.0 Å². The van der Waals surface area contributed by atoms with E-state index in [-0.39, 0.29) is 53.9 Å². The van der Waals surface area contributed by atoms with Crippen LogP contribution in [0.25, 0.3) is 0 Å². The number of nitrogens with zero attached hydrogens (tertiary/aromatic N) is 6. The van der Waals surface area contributed by atoms with Crippen LogP contribution in [0.2, 0.25) is 0 Å². The summed E-state index contributed by atoms with van der Waals surface area (Å²) in [7, 11) is 7.60. The Hall–Kier alpha value is -4.87. The number of hydrogen-bond donors (Lipinski definition) is 2. The fourth-order valence-electron chi connectivity index (χ4n) is 9.08. The number of benzene rings is 1. The maximum Gasteiger partial charge on any atom is 0.344 e. The molecule has 0 bridgehead atoms. The number of nitriles is 1. The molecular weight excluding hydrogens is 653 g/mol. The summed E-state index contributed by atoms with van der Waals surface area (Å²) in [5.74, 6) is 7.30. The second-order valence-corrected chi connectivity index (χ2v) is 15.6. The molecular formula is C41H52N8O3. The Morgan fingerprint density at radius 1 is 1.21 bits per heavy atom. The molecule has 1 aromatic heterocycles. The van der Waals surface area contributed by atoms with E-state index in [0.717, 1.165) is 54.5 Å². The van der Waals surface area contributed by atoms with Crippen LogP contribution in [0, 0.1) is 40.9 Å². The van der Waals surface area contributed by atoms with Gasteiger partial charge in [-0.05, 0) is 118 Å². The van der Waals surface area contributed by atoms with Gasteiger partial charge in [0.2, 0.25) is 5.91 Å². The average molecular weight is 705 g/mol. The normalized spacial score (nSPS) is 26.8. The molecule has 2 heterocycles. The van der Waals surface area contributed by atoms with Crippen LogP contribution in [0.1, 0.15) is 85.7 Å². The fourth-order valence-corrected chi connectivity index (χ4v) is 9.08. The van der Waals surface area contributed by atoms with E-state index in [9.17, 15) is 19.6 Å². The number of allylic oxidation sites excluding steroid dienone is 5. The summed E-state index contributed by atoms with van der Waals surface area (Å²) in [6.07, 6.45) is 11.3. The molecule has 2 N–H and O–H groups in total. The van der Waals surface area contributed by atoms with Gasteiger partial charge in [-0.1, -0.05) is 30.6 Å². The lowest BCUT2D eigenvalue weighted by Gasteiger charge is -2.42. The predicted octanol–water partition coefficient (Wildman–Crippen LogP) is 4.17. The molecule has 0 spiro atoms. The molecule has 2 amide bonds. The van der Waals surface area contributed by atoms with E-state index in [1.807, 2.05) is 51.4 Å². The summed E-state index contributed by atoms with van der Waals surface area (Å²) < 4.78 is 1.46. The first-order chi connectivity index (χ1) is 24.8. The average Bonchev–Trinajstić information content (AvgIpc) is 3.82. The minimum Gasteiger partial charge on any atom is -0.381 e. The quantitative estimate of drug-likeness (QED) is 0.356. The molecule has 11 nitrogen and oxygen atoms in total. The molecule has 4 unspecified atom stereocenters. The summed E-state index contributed by atoms with van der Waals surface area (Å²) in [5.41, 5.74) is 3.72. The minimum atomic E-state index is -0.781. The molecule has 52 heavy (non-hydrogen) atoms. The van der Waals surface area contributed by atoms with E-state index >= 15 is 0 Å². The van der Waals surface area contributed by atoms with E-state index < -0.39 is 11.5 Å². The second kappa shape index (κ2) is 15.0. The minimum absolute atomic E-state index is 0.0633. The number of aromatic nitrogens is 3. The van der Waals surface area contributed by atoms with Crippen LogP contribution < -0.4 is 11.0 Å². The zero-order valence-electron chi connectivity index (χ0n) is 31.4. The van der Waals surface area contributed by atoms with E-state index in [1.165, 1.54) is 4.68 Å². The zero-order valence-corrected chi connectivity index (χ0v) is 31.4. The smallest absolute Gasteiger partial charge is 0.344 e. The lowest BCUT2D eigenvalue weighted by Crippen LogP contribution is -2.47. The summed E-state index contributed by atoms with van der Waals surface area (Å²) in [5, 5.41) is 18.3. The standard InChI is InChI=1S/C41H52N8O3/c1-26-10-8-11-33(17-13-26)49-40(52)44-39(45-49)41(23-27(2)43-25-37(50)48-19-9-12-34(48)24-42)35-18-16-31(38(51)47(6)7)20-29(35)14-15-30-21-32(22-36(30)41)28(3)46(4)5/h10,13,16-18,20,27,30,32-34,36,43H,3,9,12,14-15,19,21-23,25H2,1-2,4-7H3,(H,44,45,52)/t27-,30+,32?,33?,34?,36?,41+/m1/s1. The Labute approximate surface area is 307 Å². The number of hydrogen-bond acceptors (Lipinski definition) is 7. The number of likely N-dealkylation sites (tertiary alicyclic amines) is 1. The van der Waals surface area contributed by atoms with Crippen molar-refractivity contribution in [1.82, 2.24) is 34.8 Å². The first kappa shape index (κ1) is 36.9. The highest BCUT2D eigenvalue weighted by Gasteiger charge is 2.55. The van der Waals surface area contributed by atoms with Crippen LogP contribution >= 0.6 is 0 Å². The third kappa shape index (κ3) is 6.99. The van der Waals surface area contributed by atoms with Crippen molar-refractivity contribution in [3.8, 4) is 17.9 Å². The number of aromatic amines is 1. The van der Waals surface area contributed by atoms with Gasteiger partial charge in [0.25, 0.3) is 5.91 Å². The third-order valence-corrected chi connectivity index (χ3v) is 11.7. The number of nitrogens with one attached hydrogen (secondary N) is 2. The van der Waals surface area contributed by atoms with Gasteiger partial charge >= 0.3 is 5.69 Å². The SMILES string of the molecule is C=C(C1CC2[C@@H](CCc3cc(C(=O)N(C)C)ccc3[C@]2(C[C@@H](C)NCC(=O)N2CCCC2C#N)c2nn(C3C#CC=C(C)C=C3)c(=O)[nH]2)C1)N(C)C. The Morgan fingerprint density at radius 2 is 2.00 bits per heavy atom. The number of fused-ring (bicyclic) bond motifs is 2. The number of amides is 2. The zero-order chi connectivity index (χ0) is 37.3. The highest BCUT2D eigenvalue weighted by Crippen LogP contribution is 2.57. The monoisotopic (exact) mass is 704 g/mol. The number of carbonyl (C=O) groups is 2. The van der Waals surface area contributed by atoms with Crippen molar-refractivity contribution in [3.05, 3.63) is 87.3 Å². The largest absolute Gasteiger partial charge is 0.381 e. The van der Waals surface area contributed by atoms with Gasteiger partial charge in [-0.3, -0.25) is 14.6 Å². The summed E-state index contributed by atoms with van der Waals surface area (Å²) in [6, 6.07) is 7.18. The molecule has 11 heteroatoms. The van der Waals surface area contributed by atoms with Crippen LogP contribution in [0.3, 0.4) is 0 Å². The van der Waals surface area contributed by atoms with Gasteiger partial charge in [0, 0.05) is 52.0 Å². The van der Waals surface area contributed by atoms with Crippen molar-refractivity contribution >= 4 is 11.8 Å². The maximum absolute atomic E-state index is 14.0. The van der Waals surface area contributed by atoms with Crippen molar-refractivity contribution in [1.29, 1.82) is 5.26 Å². The molecule has 2 fully saturated rings. The van der Waals surface area contributed by atoms with Crippen molar-refractivity contribution < 1.29 is 9.59 Å². The van der Waals surface area contributed by atoms with Crippen LogP contribution in [0.5, 0.6) is 0 Å². The van der Waals surface area contributed by atoms with E-state index in [1.54, 1.807) is 23.9 Å². The molecule has 1 saturated carbocycles. The maximum atomic E-state index is 14.0. The number of rotatable bonds is 10. The first-order valence-electron chi connectivity index (χ1n) is 18.5. The Balaban J connectivity index is 1.49. The van der Waals surface area contributed by atoms with E-state index in [2.05, 4.69) is 52.7 Å².